The van der Waals surface area contributed by atoms with Gasteiger partial charge in [0.25, 0.3) is 0 Å². The van der Waals surface area contributed by atoms with Crippen molar-refractivity contribution in [1.29, 1.82) is 0 Å². The zero-order valence-electron chi connectivity index (χ0n) is 18.7. The molecule has 170 valence electrons. The topological polar surface area (TPSA) is 73.5 Å². The zero-order chi connectivity index (χ0) is 22.6. The molecular formula is C27H33NO4. The highest BCUT2D eigenvalue weighted by Gasteiger charge is 2.16. The molecule has 32 heavy (non-hydrogen) atoms. The van der Waals surface area contributed by atoms with E-state index in [4.69, 9.17) is 9.84 Å². The van der Waals surface area contributed by atoms with Gasteiger partial charge in [-0.2, -0.15) is 4.73 Å². The van der Waals surface area contributed by atoms with Crippen LogP contribution in [0.4, 0.5) is 0 Å². The number of hydrogen-bond acceptors (Lipinski definition) is 3. The molecule has 0 spiro atoms. The molecule has 3 aromatic rings. The van der Waals surface area contributed by atoms with Crippen molar-refractivity contribution in [3.63, 3.8) is 0 Å². The number of pyridine rings is 1. The third-order valence-electron chi connectivity index (χ3n) is 5.76. The molecule has 2 aromatic carbocycles. The number of para-hydroxylation sites is 1. The van der Waals surface area contributed by atoms with Gasteiger partial charge >= 0.3 is 5.97 Å². The second-order valence-electron chi connectivity index (χ2n) is 8.31. The van der Waals surface area contributed by atoms with Crippen molar-refractivity contribution in [1.82, 2.24) is 0 Å². The largest absolute Gasteiger partial charge is 0.618 e. The number of ether oxygens (including phenoxy) is 1. The molecule has 0 aliphatic carbocycles. The van der Waals surface area contributed by atoms with Crippen LogP contribution >= 0.6 is 0 Å². The summed E-state index contributed by atoms with van der Waals surface area (Å²) < 4.78 is 7.17. The summed E-state index contributed by atoms with van der Waals surface area (Å²) in [6, 6.07) is 19.6. The van der Waals surface area contributed by atoms with Gasteiger partial charge < -0.3 is 15.1 Å². The standard InChI is InChI=1S/C27H33NO4/c29-27(30)19-11-6-4-2-1-3-5-10-16-23-20-26(32-21-22-14-8-7-9-15-22)24-17-12-13-18-25(24)28(23)31/h7-9,12-15,17-18,20H,1-6,10-11,16,19,21H2,(H,29,30). The second kappa shape index (κ2) is 12.7. The summed E-state index contributed by atoms with van der Waals surface area (Å²) in [5.41, 5.74) is 2.50. The Bertz CT molecular complexity index is 988. The van der Waals surface area contributed by atoms with Gasteiger partial charge in [0.2, 0.25) is 5.52 Å². The van der Waals surface area contributed by atoms with Gasteiger partial charge in [0.05, 0.1) is 5.39 Å². The molecule has 0 atom stereocenters. The molecule has 1 N–H and O–H groups in total. The number of nitrogens with zero attached hydrogens (tertiary/aromatic N) is 1. The Morgan fingerprint density at radius 3 is 2.19 bits per heavy atom. The van der Waals surface area contributed by atoms with Crippen LogP contribution in [0.3, 0.4) is 0 Å². The summed E-state index contributed by atoms with van der Waals surface area (Å²) in [5.74, 6) is 0.0517. The molecule has 0 bridgehead atoms. The second-order valence-corrected chi connectivity index (χ2v) is 8.31. The van der Waals surface area contributed by atoms with Gasteiger partial charge in [-0.3, -0.25) is 4.79 Å². The van der Waals surface area contributed by atoms with Crippen molar-refractivity contribution < 1.29 is 19.4 Å². The molecule has 1 aromatic heterocycles. The molecule has 5 heteroatoms. The molecule has 5 nitrogen and oxygen atoms in total. The lowest BCUT2D eigenvalue weighted by atomic mass is 10.0. The van der Waals surface area contributed by atoms with Gasteiger partial charge in [-0.1, -0.05) is 81.0 Å². The highest BCUT2D eigenvalue weighted by atomic mass is 16.5. The minimum atomic E-state index is -0.706. The Hall–Kier alpha value is -3.08. The third kappa shape index (κ3) is 7.26. The Labute approximate surface area is 190 Å². The maximum Gasteiger partial charge on any atom is 0.303 e. The number of unbranched alkanes of at least 4 members (excludes halogenated alkanes) is 7. The molecule has 3 rings (SSSR count). The maximum atomic E-state index is 12.9. The summed E-state index contributed by atoms with van der Waals surface area (Å²) in [7, 11) is 0. The first-order valence-corrected chi connectivity index (χ1v) is 11.7. The predicted octanol–water partition coefficient (Wildman–Crippen LogP) is 6.19. The molecule has 0 saturated heterocycles. The fourth-order valence-electron chi connectivity index (χ4n) is 3.97. The molecule has 0 radical (unpaired) electrons. The van der Waals surface area contributed by atoms with E-state index >= 15 is 0 Å². The Kier molecular flexibility index (Phi) is 9.36. The van der Waals surface area contributed by atoms with Crippen molar-refractivity contribution in [2.24, 2.45) is 0 Å². The number of aromatic nitrogens is 1. The lowest BCUT2D eigenvalue weighted by Gasteiger charge is -2.13. The summed E-state index contributed by atoms with van der Waals surface area (Å²) in [4.78, 5) is 10.5. The summed E-state index contributed by atoms with van der Waals surface area (Å²) >= 11 is 0. The number of fused-ring (bicyclic) bond motifs is 1. The smallest absolute Gasteiger partial charge is 0.303 e. The van der Waals surface area contributed by atoms with E-state index in [0.29, 0.717) is 12.1 Å². The molecule has 0 amide bonds. The van der Waals surface area contributed by atoms with Gasteiger partial charge in [0.1, 0.15) is 12.4 Å². The monoisotopic (exact) mass is 435 g/mol. The number of aryl methyl sites for hydroxylation is 1. The average molecular weight is 436 g/mol. The third-order valence-corrected chi connectivity index (χ3v) is 5.76. The lowest BCUT2D eigenvalue weighted by molar-refractivity contribution is -0.586. The number of aliphatic carboxylic acids is 1. The van der Waals surface area contributed by atoms with Gasteiger partial charge in [0.15, 0.2) is 5.69 Å². The fourth-order valence-corrected chi connectivity index (χ4v) is 3.97. The highest BCUT2D eigenvalue weighted by molar-refractivity contribution is 5.82. The first-order valence-electron chi connectivity index (χ1n) is 11.7. The number of rotatable bonds is 14. The van der Waals surface area contributed by atoms with Crippen LogP contribution in [0.25, 0.3) is 10.9 Å². The van der Waals surface area contributed by atoms with E-state index in [-0.39, 0.29) is 6.42 Å². The average Bonchev–Trinajstić information content (AvgIpc) is 2.81. The number of carboxylic acids is 1. The van der Waals surface area contributed by atoms with Crippen LogP contribution in [0.2, 0.25) is 0 Å². The summed E-state index contributed by atoms with van der Waals surface area (Å²) in [6.45, 7) is 0.472. The van der Waals surface area contributed by atoms with Crippen LogP contribution in [-0.2, 0) is 17.8 Å². The first kappa shape index (κ1) is 23.6. The molecule has 0 unspecified atom stereocenters. The maximum absolute atomic E-state index is 12.9. The molecule has 0 saturated carbocycles. The molecule has 0 aliphatic rings. The van der Waals surface area contributed by atoms with E-state index in [1.807, 2.05) is 60.7 Å². The quantitative estimate of drug-likeness (QED) is 0.186. The van der Waals surface area contributed by atoms with Crippen LogP contribution in [-0.4, -0.2) is 11.1 Å². The minimum Gasteiger partial charge on any atom is -0.618 e. The van der Waals surface area contributed by atoms with Crippen molar-refractivity contribution in [2.45, 2.75) is 70.8 Å². The molecular weight excluding hydrogens is 402 g/mol. The lowest BCUT2D eigenvalue weighted by Crippen LogP contribution is -2.33. The number of benzene rings is 2. The highest BCUT2D eigenvalue weighted by Crippen LogP contribution is 2.26. The van der Waals surface area contributed by atoms with Crippen LogP contribution in [0, 0.1) is 5.21 Å². The van der Waals surface area contributed by atoms with E-state index in [1.54, 1.807) is 0 Å². The molecule has 0 fully saturated rings. The van der Waals surface area contributed by atoms with Crippen molar-refractivity contribution in [3.8, 4) is 5.75 Å². The van der Waals surface area contributed by atoms with E-state index in [0.717, 1.165) is 84.9 Å². The molecule has 0 aliphatic heterocycles. The Morgan fingerprint density at radius 2 is 1.47 bits per heavy atom. The predicted molar refractivity (Wildman–Crippen MR) is 127 cm³/mol. The van der Waals surface area contributed by atoms with Crippen molar-refractivity contribution >= 4 is 16.9 Å². The van der Waals surface area contributed by atoms with Gasteiger partial charge in [-0.15, -0.1) is 0 Å². The van der Waals surface area contributed by atoms with Crippen molar-refractivity contribution in [2.75, 3.05) is 0 Å². The van der Waals surface area contributed by atoms with Crippen LogP contribution in [0.1, 0.15) is 69.0 Å². The van der Waals surface area contributed by atoms with E-state index < -0.39 is 5.97 Å². The summed E-state index contributed by atoms with van der Waals surface area (Å²) in [6.07, 6.45) is 9.37. The summed E-state index contributed by atoms with van der Waals surface area (Å²) in [5, 5.41) is 22.4. The van der Waals surface area contributed by atoms with Crippen LogP contribution in [0.5, 0.6) is 5.75 Å². The van der Waals surface area contributed by atoms with E-state index in [9.17, 15) is 10.0 Å². The number of carboxylic acid groups (broad SMARTS) is 1. The van der Waals surface area contributed by atoms with Gasteiger partial charge in [-0.25, -0.2) is 0 Å². The Morgan fingerprint density at radius 1 is 0.844 bits per heavy atom. The van der Waals surface area contributed by atoms with E-state index in [1.165, 1.54) is 0 Å². The van der Waals surface area contributed by atoms with Gasteiger partial charge in [0, 0.05) is 25.0 Å². The fraction of sp³-hybridized carbons (Fsp3) is 0.407. The molecule has 1 heterocycles. The number of carbonyl (C=O) groups is 1. The SMILES string of the molecule is O=C(O)CCCCCCCCCCc1cc(OCc2ccccc2)c2ccccc2[n+]1[O-]. The number of hydrogen-bond donors (Lipinski definition) is 1. The van der Waals surface area contributed by atoms with Crippen LogP contribution < -0.4 is 9.47 Å². The normalized spacial score (nSPS) is 11.0. The zero-order valence-corrected chi connectivity index (χ0v) is 18.7. The Balaban J connectivity index is 1.50. The first-order chi connectivity index (χ1) is 15.6. The van der Waals surface area contributed by atoms with Gasteiger partial charge in [-0.05, 0) is 24.5 Å². The van der Waals surface area contributed by atoms with E-state index in [2.05, 4.69) is 0 Å². The van der Waals surface area contributed by atoms with Crippen LogP contribution in [0.15, 0.2) is 60.7 Å². The minimum absolute atomic E-state index is 0.276. The van der Waals surface area contributed by atoms with Crippen molar-refractivity contribution in [3.05, 3.63) is 77.1 Å².